The van der Waals surface area contributed by atoms with Gasteiger partial charge in [-0.15, -0.1) is 0 Å². The standard InChI is InChI=1S/C12H25NO2/c1-11(2)9-10(12(3,4)15-11)13-7-5-6-8-14/h10,13-14H,5-9H2,1-4H3. The Kier molecular flexibility index (Phi) is 4.15. The lowest BCUT2D eigenvalue weighted by Gasteiger charge is -2.27. The minimum absolute atomic E-state index is 0.0157. The van der Waals surface area contributed by atoms with Crippen molar-refractivity contribution in [3.05, 3.63) is 0 Å². The van der Waals surface area contributed by atoms with Gasteiger partial charge < -0.3 is 15.2 Å². The van der Waals surface area contributed by atoms with E-state index in [0.29, 0.717) is 6.04 Å². The Morgan fingerprint density at radius 3 is 2.40 bits per heavy atom. The molecule has 0 aromatic heterocycles. The van der Waals surface area contributed by atoms with Gasteiger partial charge >= 0.3 is 0 Å². The first-order valence-electron chi connectivity index (χ1n) is 5.92. The molecule has 3 heteroatoms. The average molecular weight is 215 g/mol. The molecule has 1 fully saturated rings. The van der Waals surface area contributed by atoms with Crippen LogP contribution in [0, 0.1) is 0 Å². The highest BCUT2D eigenvalue weighted by Gasteiger charge is 2.45. The molecule has 0 amide bonds. The first-order valence-corrected chi connectivity index (χ1v) is 5.92. The number of aliphatic hydroxyl groups excluding tert-OH is 1. The smallest absolute Gasteiger partial charge is 0.0787 e. The van der Waals surface area contributed by atoms with Gasteiger partial charge in [0.05, 0.1) is 11.2 Å². The van der Waals surface area contributed by atoms with Crippen LogP contribution in [0.15, 0.2) is 0 Å². The van der Waals surface area contributed by atoms with E-state index >= 15 is 0 Å². The summed E-state index contributed by atoms with van der Waals surface area (Å²) < 4.78 is 5.99. The average Bonchev–Trinajstić information content (AvgIpc) is 2.28. The summed E-state index contributed by atoms with van der Waals surface area (Å²) >= 11 is 0. The zero-order chi connectivity index (χ0) is 11.5. The molecule has 1 unspecified atom stereocenters. The summed E-state index contributed by atoms with van der Waals surface area (Å²) in [5.74, 6) is 0. The van der Waals surface area contributed by atoms with Crippen molar-refractivity contribution in [2.75, 3.05) is 13.2 Å². The minimum Gasteiger partial charge on any atom is -0.396 e. The second kappa shape index (κ2) is 4.81. The zero-order valence-corrected chi connectivity index (χ0v) is 10.5. The Hall–Kier alpha value is -0.120. The Bertz CT molecular complexity index is 202. The molecule has 90 valence electrons. The van der Waals surface area contributed by atoms with Crippen LogP contribution in [-0.2, 0) is 4.74 Å². The molecule has 0 spiro atoms. The molecule has 15 heavy (non-hydrogen) atoms. The lowest BCUT2D eigenvalue weighted by Crippen LogP contribution is -2.43. The summed E-state index contributed by atoms with van der Waals surface area (Å²) in [6, 6.07) is 0.422. The Labute approximate surface area is 93.2 Å². The van der Waals surface area contributed by atoms with Gasteiger partial charge in [0.15, 0.2) is 0 Å². The van der Waals surface area contributed by atoms with Crippen molar-refractivity contribution in [3.8, 4) is 0 Å². The van der Waals surface area contributed by atoms with Crippen LogP contribution in [0.25, 0.3) is 0 Å². The first-order chi connectivity index (χ1) is 6.87. The van der Waals surface area contributed by atoms with Crippen LogP contribution in [0.2, 0.25) is 0 Å². The highest BCUT2D eigenvalue weighted by Crippen LogP contribution is 2.37. The molecule has 0 aliphatic carbocycles. The number of rotatable bonds is 5. The van der Waals surface area contributed by atoms with Gasteiger partial charge in [-0.3, -0.25) is 0 Å². The number of ether oxygens (including phenoxy) is 1. The molecule has 0 saturated carbocycles. The van der Waals surface area contributed by atoms with Crippen LogP contribution < -0.4 is 5.32 Å². The Morgan fingerprint density at radius 2 is 1.93 bits per heavy atom. The third-order valence-corrected chi connectivity index (χ3v) is 3.05. The fourth-order valence-corrected chi connectivity index (χ4v) is 2.39. The maximum atomic E-state index is 8.69. The molecule has 0 bridgehead atoms. The maximum Gasteiger partial charge on any atom is 0.0787 e. The number of nitrogens with one attached hydrogen (secondary N) is 1. The van der Waals surface area contributed by atoms with E-state index < -0.39 is 0 Å². The zero-order valence-electron chi connectivity index (χ0n) is 10.5. The number of hydrogen-bond donors (Lipinski definition) is 2. The SMILES string of the molecule is CC1(C)CC(NCCCCO)C(C)(C)O1. The van der Waals surface area contributed by atoms with Gasteiger partial charge in [0, 0.05) is 12.6 Å². The monoisotopic (exact) mass is 215 g/mol. The van der Waals surface area contributed by atoms with Crippen molar-refractivity contribution in [3.63, 3.8) is 0 Å². The van der Waals surface area contributed by atoms with Gasteiger partial charge in [-0.1, -0.05) is 0 Å². The predicted octanol–water partition coefficient (Wildman–Crippen LogP) is 1.69. The van der Waals surface area contributed by atoms with E-state index in [1.165, 1.54) is 0 Å². The van der Waals surface area contributed by atoms with E-state index in [9.17, 15) is 0 Å². The molecule has 1 rings (SSSR count). The molecular formula is C12H25NO2. The van der Waals surface area contributed by atoms with Crippen LogP contribution in [-0.4, -0.2) is 35.5 Å². The predicted molar refractivity (Wildman–Crippen MR) is 62.0 cm³/mol. The van der Waals surface area contributed by atoms with Gasteiger partial charge in [-0.2, -0.15) is 0 Å². The third kappa shape index (κ3) is 3.74. The maximum absolute atomic E-state index is 8.69. The van der Waals surface area contributed by atoms with Crippen molar-refractivity contribution in [1.29, 1.82) is 0 Å². The molecule has 1 aliphatic rings. The fourth-order valence-electron chi connectivity index (χ4n) is 2.39. The third-order valence-electron chi connectivity index (χ3n) is 3.05. The Balaban J connectivity index is 2.35. The van der Waals surface area contributed by atoms with Crippen molar-refractivity contribution in [2.45, 2.75) is 64.2 Å². The van der Waals surface area contributed by atoms with Gasteiger partial charge in [0.25, 0.3) is 0 Å². The number of hydrogen-bond acceptors (Lipinski definition) is 3. The highest BCUT2D eigenvalue weighted by atomic mass is 16.5. The van der Waals surface area contributed by atoms with E-state index in [2.05, 4.69) is 33.0 Å². The molecule has 0 radical (unpaired) electrons. The summed E-state index contributed by atoms with van der Waals surface area (Å²) in [5, 5.41) is 12.2. The van der Waals surface area contributed by atoms with Crippen LogP contribution >= 0.6 is 0 Å². The van der Waals surface area contributed by atoms with Crippen LogP contribution in [0.3, 0.4) is 0 Å². The summed E-state index contributed by atoms with van der Waals surface area (Å²) in [5.41, 5.74) is -0.0964. The molecule has 2 N–H and O–H groups in total. The van der Waals surface area contributed by atoms with E-state index in [0.717, 1.165) is 25.8 Å². The van der Waals surface area contributed by atoms with E-state index in [-0.39, 0.29) is 17.8 Å². The second-order valence-electron chi connectivity index (χ2n) is 5.61. The van der Waals surface area contributed by atoms with Crippen LogP contribution in [0.4, 0.5) is 0 Å². The van der Waals surface area contributed by atoms with E-state index in [1.807, 2.05) is 0 Å². The largest absolute Gasteiger partial charge is 0.396 e. The number of aliphatic hydroxyl groups is 1. The topological polar surface area (TPSA) is 41.5 Å². The van der Waals surface area contributed by atoms with Gasteiger partial charge in [0.1, 0.15) is 0 Å². The molecule has 1 heterocycles. The van der Waals surface area contributed by atoms with Crippen LogP contribution in [0.5, 0.6) is 0 Å². The molecule has 1 atom stereocenters. The lowest BCUT2D eigenvalue weighted by molar-refractivity contribution is -0.0697. The molecule has 1 saturated heterocycles. The van der Waals surface area contributed by atoms with Gasteiger partial charge in [-0.05, 0) is 53.5 Å². The molecule has 0 aromatic rings. The minimum atomic E-state index is -0.0806. The van der Waals surface area contributed by atoms with Gasteiger partial charge in [-0.25, -0.2) is 0 Å². The normalized spacial score (nSPS) is 28.2. The second-order valence-corrected chi connectivity index (χ2v) is 5.61. The van der Waals surface area contributed by atoms with Crippen molar-refractivity contribution >= 4 is 0 Å². The summed E-state index contributed by atoms with van der Waals surface area (Å²) in [4.78, 5) is 0. The first kappa shape index (κ1) is 12.9. The molecule has 0 aromatic carbocycles. The summed E-state index contributed by atoms with van der Waals surface area (Å²) in [7, 11) is 0. The van der Waals surface area contributed by atoms with Crippen molar-refractivity contribution in [2.24, 2.45) is 0 Å². The molecular weight excluding hydrogens is 190 g/mol. The summed E-state index contributed by atoms with van der Waals surface area (Å²) in [6.45, 7) is 9.83. The Morgan fingerprint density at radius 1 is 1.27 bits per heavy atom. The lowest BCUT2D eigenvalue weighted by atomic mass is 9.94. The van der Waals surface area contributed by atoms with E-state index in [4.69, 9.17) is 9.84 Å². The van der Waals surface area contributed by atoms with Crippen LogP contribution in [0.1, 0.15) is 47.0 Å². The van der Waals surface area contributed by atoms with Crippen molar-refractivity contribution in [1.82, 2.24) is 5.32 Å². The highest BCUT2D eigenvalue weighted by molar-refractivity contribution is 4.98. The number of unbranched alkanes of at least 4 members (excludes halogenated alkanes) is 1. The molecule has 1 aliphatic heterocycles. The summed E-state index contributed by atoms with van der Waals surface area (Å²) in [6.07, 6.45) is 2.97. The van der Waals surface area contributed by atoms with E-state index in [1.54, 1.807) is 0 Å². The fraction of sp³-hybridized carbons (Fsp3) is 1.00. The van der Waals surface area contributed by atoms with Crippen molar-refractivity contribution < 1.29 is 9.84 Å². The quantitative estimate of drug-likeness (QED) is 0.686. The van der Waals surface area contributed by atoms with Gasteiger partial charge in [0.2, 0.25) is 0 Å². The molecule has 3 nitrogen and oxygen atoms in total.